The summed E-state index contributed by atoms with van der Waals surface area (Å²) in [7, 11) is 0. The molecule has 0 aliphatic carbocycles. The number of carbonyl (C=O) groups is 6. The Morgan fingerprint density at radius 2 is 0.787 bits per heavy atom. The monoisotopic (exact) mass is 1070 g/mol. The van der Waals surface area contributed by atoms with E-state index in [2.05, 4.69) is 77.6 Å². The van der Waals surface area contributed by atoms with Crippen molar-refractivity contribution in [3.63, 3.8) is 0 Å². The Morgan fingerprint density at radius 1 is 0.475 bits per heavy atom. The number of hydrogen-bond donors (Lipinski definition) is 2. The highest BCUT2D eigenvalue weighted by molar-refractivity contribution is 9.11. The third-order valence-electron chi connectivity index (χ3n) is 10.3. The summed E-state index contributed by atoms with van der Waals surface area (Å²) in [5, 5.41) is 18.7. The van der Waals surface area contributed by atoms with Gasteiger partial charge in [-0.15, -0.1) is 0 Å². The van der Waals surface area contributed by atoms with E-state index in [1.165, 1.54) is 36.4 Å². The Hall–Kier alpha value is -5.94. The number of carboxylic acid groups (broad SMARTS) is 2. The van der Waals surface area contributed by atoms with Gasteiger partial charge in [0.25, 0.3) is 23.6 Å². The fraction of sp³-hybridized carbons (Fsp3) is 0.0667. The predicted molar refractivity (Wildman–Crippen MR) is 238 cm³/mol. The van der Waals surface area contributed by atoms with Crippen molar-refractivity contribution in [3.05, 3.63) is 172 Å². The van der Waals surface area contributed by atoms with Gasteiger partial charge in [0.05, 0.1) is 62.6 Å². The van der Waals surface area contributed by atoms with E-state index in [9.17, 15) is 39.0 Å². The minimum absolute atomic E-state index is 0.0277. The van der Waals surface area contributed by atoms with Crippen LogP contribution in [0.25, 0.3) is 0 Å². The van der Waals surface area contributed by atoms with Gasteiger partial charge < -0.3 is 19.7 Å². The van der Waals surface area contributed by atoms with Crippen molar-refractivity contribution >= 4 is 111 Å². The summed E-state index contributed by atoms with van der Waals surface area (Å²) in [5.74, 6) is -2.89. The second kappa shape index (κ2) is 15.8. The molecule has 0 unspecified atom stereocenters. The molecule has 2 N–H and O–H groups in total. The molecule has 0 saturated heterocycles. The molecule has 0 aromatic heterocycles. The number of halogens is 4. The molecule has 6 aromatic rings. The summed E-state index contributed by atoms with van der Waals surface area (Å²) in [6.45, 7) is 4.13. The van der Waals surface area contributed by atoms with Crippen LogP contribution in [-0.4, -0.2) is 45.8 Å². The maximum Gasteiger partial charge on any atom is 0.335 e. The number of anilines is 2. The second-order valence-corrected chi connectivity index (χ2v) is 17.8. The normalized spacial score (nSPS) is 13.4. The Balaban J connectivity index is 0.962. The van der Waals surface area contributed by atoms with Crippen LogP contribution in [0.4, 0.5) is 11.4 Å². The van der Waals surface area contributed by atoms with Gasteiger partial charge in [0.15, 0.2) is 11.5 Å². The number of benzene rings is 6. The average Bonchev–Trinajstić information content (AvgIpc) is 3.63. The Morgan fingerprint density at radius 3 is 1.10 bits per heavy atom. The van der Waals surface area contributed by atoms with E-state index >= 15 is 0 Å². The number of imide groups is 2. The number of nitrogens with zero attached hydrogens (tertiary/aromatic N) is 2. The Labute approximate surface area is 380 Å². The molecule has 61 heavy (non-hydrogen) atoms. The summed E-state index contributed by atoms with van der Waals surface area (Å²) in [5.41, 5.74) is 2.06. The minimum atomic E-state index is -1.20. The zero-order valence-corrected chi connectivity index (χ0v) is 37.8. The highest BCUT2D eigenvalue weighted by Crippen LogP contribution is 2.46. The topological polar surface area (TPSA) is 168 Å². The van der Waals surface area contributed by atoms with Crippen LogP contribution in [0.15, 0.2) is 127 Å². The van der Waals surface area contributed by atoms with Crippen LogP contribution >= 0.6 is 63.7 Å². The quantitative estimate of drug-likeness (QED) is 0.126. The molecule has 16 heteroatoms. The molecule has 6 aromatic carbocycles. The molecule has 2 aliphatic heterocycles. The van der Waals surface area contributed by atoms with E-state index in [1.807, 2.05) is 24.3 Å². The lowest BCUT2D eigenvalue weighted by Gasteiger charge is -2.28. The smallest absolute Gasteiger partial charge is 0.335 e. The first kappa shape index (κ1) is 41.8. The maximum absolute atomic E-state index is 13.1. The highest BCUT2D eigenvalue weighted by Gasteiger charge is 2.39. The predicted octanol–water partition coefficient (Wildman–Crippen LogP) is 11.6. The molecule has 12 nitrogen and oxygen atoms in total. The summed E-state index contributed by atoms with van der Waals surface area (Å²) in [6, 6.07) is 28.3. The van der Waals surface area contributed by atoms with Gasteiger partial charge in [-0.25, -0.2) is 19.4 Å². The van der Waals surface area contributed by atoms with Crippen molar-refractivity contribution in [1.82, 2.24) is 0 Å². The average molecular weight is 1070 g/mol. The first-order chi connectivity index (χ1) is 28.9. The summed E-state index contributed by atoms with van der Waals surface area (Å²) < 4.78 is 15.1. The van der Waals surface area contributed by atoms with Crippen LogP contribution in [0.1, 0.15) is 87.1 Å². The molecule has 304 valence electrons. The largest absolute Gasteiger partial charge is 0.478 e. The summed E-state index contributed by atoms with van der Waals surface area (Å²) in [6.07, 6.45) is 0. The third-order valence-corrected chi connectivity index (χ3v) is 12.7. The fourth-order valence-corrected chi connectivity index (χ4v) is 9.68. The lowest BCUT2D eigenvalue weighted by atomic mass is 9.78. The number of rotatable bonds is 10. The lowest BCUT2D eigenvalue weighted by Crippen LogP contribution is -2.29. The highest BCUT2D eigenvalue weighted by atomic mass is 79.9. The molecule has 0 spiro atoms. The molecular weight excluding hydrogens is 1050 g/mol. The molecule has 2 heterocycles. The third kappa shape index (κ3) is 7.47. The Bertz CT molecular complexity index is 2690. The summed E-state index contributed by atoms with van der Waals surface area (Å²) in [4.78, 5) is 77.3. The minimum Gasteiger partial charge on any atom is -0.478 e. The molecular formula is C45H26Br4N2O10. The molecule has 8 rings (SSSR count). The molecule has 0 bridgehead atoms. The van der Waals surface area contributed by atoms with E-state index in [0.29, 0.717) is 52.3 Å². The number of amides is 4. The molecule has 0 saturated carbocycles. The van der Waals surface area contributed by atoms with Crippen LogP contribution in [-0.2, 0) is 5.41 Å². The van der Waals surface area contributed by atoms with Crippen LogP contribution in [0.2, 0.25) is 0 Å². The number of aromatic carboxylic acids is 2. The van der Waals surface area contributed by atoms with Crippen LogP contribution in [0, 0.1) is 0 Å². The molecule has 0 atom stereocenters. The number of fused-ring (bicyclic) bond motifs is 2. The van der Waals surface area contributed by atoms with Gasteiger partial charge in [-0.05, 0) is 184 Å². The van der Waals surface area contributed by atoms with Crippen molar-refractivity contribution < 1.29 is 48.5 Å². The van der Waals surface area contributed by atoms with Crippen molar-refractivity contribution in [3.8, 4) is 23.0 Å². The van der Waals surface area contributed by atoms with E-state index in [4.69, 9.17) is 9.47 Å². The Kier molecular flexibility index (Phi) is 10.8. The molecule has 2 aliphatic rings. The van der Waals surface area contributed by atoms with Crippen LogP contribution < -0.4 is 19.3 Å². The van der Waals surface area contributed by atoms with Crippen LogP contribution in [0.5, 0.6) is 23.0 Å². The van der Waals surface area contributed by atoms with Gasteiger partial charge >= 0.3 is 11.9 Å². The molecule has 0 fully saturated rings. The lowest BCUT2D eigenvalue weighted by molar-refractivity contribution is 0.0686. The maximum atomic E-state index is 13.1. The second-order valence-electron chi connectivity index (χ2n) is 14.4. The molecule has 4 amide bonds. The van der Waals surface area contributed by atoms with E-state index in [0.717, 1.165) is 20.9 Å². The van der Waals surface area contributed by atoms with Gasteiger partial charge in [-0.2, -0.15) is 0 Å². The SMILES string of the molecule is CC(C)(c1cc(Br)c(Oc2ccc(N3C(=O)c4ccc(C(=O)O)cc4C3=O)cc2)c(Br)c1)c1cc(Br)c(Oc2ccc(N3C(=O)c4ccc(C(=O)O)cc4C3=O)cc2)c(Br)c1. The number of hydrogen-bond acceptors (Lipinski definition) is 8. The van der Waals surface area contributed by atoms with Gasteiger partial charge in [0.2, 0.25) is 0 Å². The van der Waals surface area contributed by atoms with Crippen molar-refractivity contribution in [2.75, 3.05) is 9.80 Å². The van der Waals surface area contributed by atoms with Gasteiger partial charge in [0.1, 0.15) is 11.5 Å². The summed E-state index contributed by atoms with van der Waals surface area (Å²) >= 11 is 14.7. The first-order valence-electron chi connectivity index (χ1n) is 18.0. The molecule has 0 radical (unpaired) electrons. The zero-order chi connectivity index (χ0) is 43.7. The first-order valence-corrected chi connectivity index (χ1v) is 21.2. The van der Waals surface area contributed by atoms with Gasteiger partial charge in [-0.3, -0.25) is 19.2 Å². The van der Waals surface area contributed by atoms with E-state index in [1.54, 1.807) is 48.5 Å². The van der Waals surface area contributed by atoms with Gasteiger partial charge in [-0.1, -0.05) is 13.8 Å². The van der Waals surface area contributed by atoms with E-state index < -0.39 is 41.0 Å². The van der Waals surface area contributed by atoms with E-state index in [-0.39, 0.29) is 33.4 Å². The van der Waals surface area contributed by atoms with Crippen LogP contribution in [0.3, 0.4) is 0 Å². The standard InChI is InChI=1S/C45H26Br4N2O10/c1-45(2,23-17-33(46)37(34(47)18-23)60-27-9-5-25(6-10-27)50-39(52)29-13-3-21(43(56)57)15-31(29)41(50)54)24-19-35(48)38(36(49)20-24)61-28-11-7-26(8-12-28)51-40(53)30-14-4-22(44(58)59)16-32(30)42(51)55/h3-20H,1-2H3,(H,56,57)(H,58,59). The number of carboxylic acids is 2. The van der Waals surface area contributed by atoms with Gasteiger partial charge in [0, 0.05) is 5.41 Å². The fourth-order valence-electron chi connectivity index (χ4n) is 6.98. The number of ether oxygens (including phenoxy) is 2. The zero-order valence-electron chi connectivity index (χ0n) is 31.5. The number of carbonyl (C=O) groups excluding carboxylic acids is 4. The van der Waals surface area contributed by atoms with Crippen molar-refractivity contribution in [2.24, 2.45) is 0 Å². The van der Waals surface area contributed by atoms with Crippen molar-refractivity contribution in [1.29, 1.82) is 0 Å². The van der Waals surface area contributed by atoms with Crippen molar-refractivity contribution in [2.45, 2.75) is 19.3 Å².